The zero-order valence-electron chi connectivity index (χ0n) is 9.32. The summed E-state index contributed by atoms with van der Waals surface area (Å²) in [4.78, 5) is 0. The van der Waals surface area contributed by atoms with Gasteiger partial charge in [-0.05, 0) is 41.8 Å². The van der Waals surface area contributed by atoms with Crippen LogP contribution < -0.4 is 0 Å². The largest absolute Gasteiger partial charge is 0.384 e. The van der Waals surface area contributed by atoms with Crippen LogP contribution in [0.3, 0.4) is 0 Å². The van der Waals surface area contributed by atoms with Gasteiger partial charge in [0.2, 0.25) is 0 Å². The molecule has 0 aromatic heterocycles. The number of hydrogen-bond acceptors (Lipinski definition) is 1. The van der Waals surface area contributed by atoms with Crippen LogP contribution in [0.1, 0.15) is 22.8 Å². The van der Waals surface area contributed by atoms with Crippen molar-refractivity contribution in [2.24, 2.45) is 0 Å². The highest BCUT2D eigenvalue weighted by molar-refractivity contribution is 9.10. The Bertz CT molecular complexity index is 539. The van der Waals surface area contributed by atoms with E-state index in [2.05, 4.69) is 15.9 Å². The normalized spacial score (nSPS) is 12.5. The van der Waals surface area contributed by atoms with Crippen LogP contribution in [0.2, 0.25) is 5.02 Å². The van der Waals surface area contributed by atoms with Crippen molar-refractivity contribution < 1.29 is 5.11 Å². The van der Waals surface area contributed by atoms with Gasteiger partial charge in [0.25, 0.3) is 0 Å². The van der Waals surface area contributed by atoms with Crippen LogP contribution in [-0.2, 0) is 0 Å². The minimum atomic E-state index is -0.647. The number of aliphatic hydroxyl groups is 1. The molecule has 0 bridgehead atoms. The summed E-state index contributed by atoms with van der Waals surface area (Å²) in [7, 11) is 0. The van der Waals surface area contributed by atoms with Crippen LogP contribution in [0.4, 0.5) is 0 Å². The lowest BCUT2D eigenvalue weighted by Gasteiger charge is -2.15. The third kappa shape index (κ3) is 2.71. The lowest BCUT2D eigenvalue weighted by atomic mass is 9.98. The van der Waals surface area contributed by atoms with Crippen molar-refractivity contribution in [2.75, 3.05) is 0 Å². The van der Waals surface area contributed by atoms with Crippen LogP contribution in [0.25, 0.3) is 0 Å². The van der Waals surface area contributed by atoms with Gasteiger partial charge >= 0.3 is 0 Å². The molecule has 0 aliphatic rings. The maximum absolute atomic E-state index is 10.3. The Labute approximate surface area is 114 Å². The predicted octanol–water partition coefficient (Wildman–Crippen LogP) is 4.49. The van der Waals surface area contributed by atoms with Gasteiger partial charge in [-0.15, -0.1) is 0 Å². The second-order valence-corrected chi connectivity index (χ2v) is 5.23. The molecule has 1 N–H and O–H groups in total. The van der Waals surface area contributed by atoms with Gasteiger partial charge in [-0.2, -0.15) is 0 Å². The summed E-state index contributed by atoms with van der Waals surface area (Å²) < 4.78 is 0.953. The standard InChI is InChI=1S/C14H12BrClO/c1-9-12(6-3-7-13(9)16)14(17)10-4-2-5-11(15)8-10/h2-8,14,17H,1H3/t14-/m0/s1. The average Bonchev–Trinajstić information content (AvgIpc) is 2.32. The maximum Gasteiger partial charge on any atom is 0.104 e. The summed E-state index contributed by atoms with van der Waals surface area (Å²) in [5.41, 5.74) is 2.61. The molecule has 17 heavy (non-hydrogen) atoms. The van der Waals surface area contributed by atoms with Crippen LogP contribution >= 0.6 is 27.5 Å². The zero-order chi connectivity index (χ0) is 12.4. The molecule has 0 aliphatic carbocycles. The molecule has 0 unspecified atom stereocenters. The number of rotatable bonds is 2. The van der Waals surface area contributed by atoms with Crippen molar-refractivity contribution in [3.8, 4) is 0 Å². The van der Waals surface area contributed by atoms with Gasteiger partial charge in [0.15, 0.2) is 0 Å². The van der Waals surface area contributed by atoms with Gasteiger partial charge in [-0.1, -0.05) is 51.8 Å². The van der Waals surface area contributed by atoms with Crippen molar-refractivity contribution >= 4 is 27.5 Å². The summed E-state index contributed by atoms with van der Waals surface area (Å²) in [6, 6.07) is 13.2. The van der Waals surface area contributed by atoms with E-state index in [0.717, 1.165) is 21.2 Å². The highest BCUT2D eigenvalue weighted by Gasteiger charge is 2.14. The predicted molar refractivity (Wildman–Crippen MR) is 74.4 cm³/mol. The number of aliphatic hydroxyl groups excluding tert-OH is 1. The molecule has 88 valence electrons. The van der Waals surface area contributed by atoms with Crippen molar-refractivity contribution in [3.05, 3.63) is 68.7 Å². The molecule has 0 heterocycles. The second kappa shape index (κ2) is 5.21. The first-order chi connectivity index (χ1) is 8.09. The molecule has 0 amide bonds. The monoisotopic (exact) mass is 310 g/mol. The van der Waals surface area contributed by atoms with Gasteiger partial charge in [-0.25, -0.2) is 0 Å². The summed E-state index contributed by atoms with van der Waals surface area (Å²) in [6.45, 7) is 1.92. The van der Waals surface area contributed by atoms with Gasteiger partial charge in [0.05, 0.1) is 0 Å². The first kappa shape index (κ1) is 12.6. The molecule has 3 heteroatoms. The van der Waals surface area contributed by atoms with Gasteiger partial charge in [0, 0.05) is 9.50 Å². The summed E-state index contributed by atoms with van der Waals surface area (Å²) in [5.74, 6) is 0. The van der Waals surface area contributed by atoms with Gasteiger partial charge in [-0.3, -0.25) is 0 Å². The third-order valence-corrected chi connectivity index (χ3v) is 3.67. The van der Waals surface area contributed by atoms with E-state index in [4.69, 9.17) is 11.6 Å². The van der Waals surface area contributed by atoms with Crippen LogP contribution in [0, 0.1) is 6.92 Å². The molecule has 0 spiro atoms. The Kier molecular flexibility index (Phi) is 3.87. The fourth-order valence-electron chi connectivity index (χ4n) is 1.78. The van der Waals surface area contributed by atoms with Crippen molar-refractivity contribution in [1.29, 1.82) is 0 Å². The van der Waals surface area contributed by atoms with Gasteiger partial charge < -0.3 is 5.11 Å². The maximum atomic E-state index is 10.3. The average molecular weight is 312 g/mol. The number of benzene rings is 2. The third-order valence-electron chi connectivity index (χ3n) is 2.77. The molecule has 0 saturated carbocycles. The second-order valence-electron chi connectivity index (χ2n) is 3.91. The zero-order valence-corrected chi connectivity index (χ0v) is 11.7. The Morgan fingerprint density at radius 1 is 1.18 bits per heavy atom. The Balaban J connectivity index is 2.44. The first-order valence-corrected chi connectivity index (χ1v) is 6.45. The Morgan fingerprint density at radius 2 is 1.88 bits per heavy atom. The minimum Gasteiger partial charge on any atom is -0.384 e. The van der Waals surface area contributed by atoms with E-state index in [1.54, 1.807) is 0 Å². The fraction of sp³-hybridized carbons (Fsp3) is 0.143. The molecular weight excluding hydrogens is 300 g/mol. The topological polar surface area (TPSA) is 20.2 Å². The van der Waals surface area contributed by atoms with E-state index >= 15 is 0 Å². The minimum absolute atomic E-state index is 0.647. The van der Waals surface area contributed by atoms with E-state index < -0.39 is 6.10 Å². The summed E-state index contributed by atoms with van der Waals surface area (Å²) >= 11 is 9.46. The Hall–Kier alpha value is -0.830. The molecule has 1 atom stereocenters. The highest BCUT2D eigenvalue weighted by Crippen LogP contribution is 2.29. The number of halogens is 2. The van der Waals surface area contributed by atoms with Crippen LogP contribution in [0.15, 0.2) is 46.9 Å². The fourth-order valence-corrected chi connectivity index (χ4v) is 2.38. The summed E-state index contributed by atoms with van der Waals surface area (Å²) in [5, 5.41) is 11.0. The van der Waals surface area contributed by atoms with Crippen LogP contribution in [0.5, 0.6) is 0 Å². The molecule has 0 aliphatic heterocycles. The van der Waals surface area contributed by atoms with E-state index in [0.29, 0.717) is 5.02 Å². The van der Waals surface area contributed by atoms with Crippen molar-refractivity contribution in [3.63, 3.8) is 0 Å². The molecule has 0 fully saturated rings. The molecule has 1 nitrogen and oxygen atoms in total. The van der Waals surface area contributed by atoms with E-state index in [-0.39, 0.29) is 0 Å². The molecule has 2 aromatic rings. The molecule has 2 aromatic carbocycles. The lowest BCUT2D eigenvalue weighted by Crippen LogP contribution is -2.02. The number of hydrogen-bond donors (Lipinski definition) is 1. The Morgan fingerprint density at radius 3 is 2.59 bits per heavy atom. The van der Waals surface area contributed by atoms with E-state index in [1.165, 1.54) is 0 Å². The molecular formula is C14H12BrClO. The highest BCUT2D eigenvalue weighted by atomic mass is 79.9. The van der Waals surface area contributed by atoms with Gasteiger partial charge in [0.1, 0.15) is 6.10 Å². The smallest absolute Gasteiger partial charge is 0.104 e. The SMILES string of the molecule is Cc1c(Cl)cccc1[C@@H](O)c1cccc(Br)c1. The molecule has 0 saturated heterocycles. The molecule has 2 rings (SSSR count). The first-order valence-electron chi connectivity index (χ1n) is 5.28. The molecule has 0 radical (unpaired) electrons. The van der Waals surface area contributed by atoms with E-state index in [9.17, 15) is 5.11 Å². The summed E-state index contributed by atoms with van der Waals surface area (Å²) in [6.07, 6.45) is -0.647. The van der Waals surface area contributed by atoms with Crippen LogP contribution in [-0.4, -0.2) is 5.11 Å². The van der Waals surface area contributed by atoms with E-state index in [1.807, 2.05) is 49.4 Å². The van der Waals surface area contributed by atoms with Crippen molar-refractivity contribution in [1.82, 2.24) is 0 Å². The van der Waals surface area contributed by atoms with Crippen molar-refractivity contribution in [2.45, 2.75) is 13.0 Å². The quantitative estimate of drug-likeness (QED) is 0.866. The lowest BCUT2D eigenvalue weighted by molar-refractivity contribution is 0.219.